The fourth-order valence-corrected chi connectivity index (χ4v) is 3.65. The number of benzene rings is 3. The lowest BCUT2D eigenvalue weighted by Gasteiger charge is -2.16. The summed E-state index contributed by atoms with van der Waals surface area (Å²) >= 11 is 1.41. The van der Waals surface area contributed by atoms with Crippen LogP contribution in [0.3, 0.4) is 0 Å². The summed E-state index contributed by atoms with van der Waals surface area (Å²) in [5.74, 6) is -0.622. The standard InChI is InChI=1S/C24H23NO3S/c1-17-10-6-9-15-22(17)29-16-23(26)28-18(2)24(27)25-21-14-8-7-13-20(21)19-11-4-3-5-12-19/h3-15,18H,16H2,1-2H3,(H,25,27)/t18-/m1/s1. The maximum Gasteiger partial charge on any atom is 0.317 e. The van der Waals surface area contributed by atoms with E-state index in [0.29, 0.717) is 5.69 Å². The molecule has 3 aromatic rings. The van der Waals surface area contributed by atoms with Crippen LogP contribution >= 0.6 is 11.8 Å². The number of aryl methyl sites for hydroxylation is 1. The first-order valence-corrected chi connectivity index (χ1v) is 10.4. The molecule has 1 amide bonds. The minimum Gasteiger partial charge on any atom is -0.452 e. The summed E-state index contributed by atoms with van der Waals surface area (Å²) in [5.41, 5.74) is 3.70. The SMILES string of the molecule is Cc1ccccc1SCC(=O)O[C@H](C)C(=O)Nc1ccccc1-c1ccccc1. The van der Waals surface area contributed by atoms with E-state index in [1.165, 1.54) is 11.8 Å². The Hall–Kier alpha value is -3.05. The van der Waals surface area contributed by atoms with E-state index < -0.39 is 12.1 Å². The summed E-state index contributed by atoms with van der Waals surface area (Å²) in [6.07, 6.45) is -0.885. The number of esters is 1. The molecule has 0 saturated heterocycles. The van der Waals surface area contributed by atoms with Gasteiger partial charge in [0, 0.05) is 16.1 Å². The van der Waals surface area contributed by atoms with Gasteiger partial charge in [-0.05, 0) is 37.1 Å². The zero-order valence-electron chi connectivity index (χ0n) is 16.4. The van der Waals surface area contributed by atoms with Crippen molar-refractivity contribution in [3.63, 3.8) is 0 Å². The Labute approximate surface area is 175 Å². The molecule has 0 aromatic heterocycles. The van der Waals surface area contributed by atoms with E-state index in [1.54, 1.807) is 6.92 Å². The maximum atomic E-state index is 12.6. The Kier molecular flexibility index (Phi) is 7.09. The van der Waals surface area contributed by atoms with Gasteiger partial charge in [0.2, 0.25) is 0 Å². The van der Waals surface area contributed by atoms with Crippen molar-refractivity contribution < 1.29 is 14.3 Å². The summed E-state index contributed by atoms with van der Waals surface area (Å²) in [6, 6.07) is 25.2. The van der Waals surface area contributed by atoms with Crippen LogP contribution in [-0.4, -0.2) is 23.7 Å². The predicted octanol–water partition coefficient (Wildman–Crippen LogP) is 5.32. The third-order valence-corrected chi connectivity index (χ3v) is 5.54. The van der Waals surface area contributed by atoms with Crippen LogP contribution in [-0.2, 0) is 14.3 Å². The number of nitrogens with one attached hydrogen (secondary N) is 1. The van der Waals surface area contributed by atoms with Crippen LogP contribution in [0.25, 0.3) is 11.1 Å². The molecule has 0 aliphatic heterocycles. The highest BCUT2D eigenvalue weighted by atomic mass is 32.2. The van der Waals surface area contributed by atoms with Gasteiger partial charge in [-0.3, -0.25) is 9.59 Å². The molecule has 0 radical (unpaired) electrons. The number of ether oxygens (including phenoxy) is 1. The van der Waals surface area contributed by atoms with Crippen LogP contribution in [0.15, 0.2) is 83.8 Å². The van der Waals surface area contributed by atoms with Crippen LogP contribution < -0.4 is 5.32 Å². The number of carbonyl (C=O) groups is 2. The highest BCUT2D eigenvalue weighted by Gasteiger charge is 2.19. The number of carbonyl (C=O) groups excluding carboxylic acids is 2. The Morgan fingerprint density at radius 1 is 0.931 bits per heavy atom. The van der Waals surface area contributed by atoms with Crippen molar-refractivity contribution in [3.05, 3.63) is 84.4 Å². The van der Waals surface area contributed by atoms with Gasteiger partial charge in [0.1, 0.15) is 0 Å². The monoisotopic (exact) mass is 405 g/mol. The fraction of sp³-hybridized carbons (Fsp3) is 0.167. The molecular formula is C24H23NO3S. The first kappa shape index (κ1) is 20.7. The highest BCUT2D eigenvalue weighted by Crippen LogP contribution is 2.28. The van der Waals surface area contributed by atoms with Crippen molar-refractivity contribution in [2.24, 2.45) is 0 Å². The average molecular weight is 406 g/mol. The van der Waals surface area contributed by atoms with Gasteiger partial charge >= 0.3 is 5.97 Å². The van der Waals surface area contributed by atoms with Crippen LogP contribution in [0.2, 0.25) is 0 Å². The molecule has 0 spiro atoms. The first-order chi connectivity index (χ1) is 14.0. The summed E-state index contributed by atoms with van der Waals surface area (Å²) in [4.78, 5) is 25.8. The molecule has 29 heavy (non-hydrogen) atoms. The lowest BCUT2D eigenvalue weighted by Crippen LogP contribution is -2.30. The third-order valence-electron chi connectivity index (χ3n) is 4.39. The van der Waals surface area contributed by atoms with Crippen molar-refractivity contribution in [1.29, 1.82) is 0 Å². The smallest absolute Gasteiger partial charge is 0.317 e. The Bertz CT molecular complexity index is 988. The van der Waals surface area contributed by atoms with Gasteiger partial charge in [0.25, 0.3) is 5.91 Å². The van der Waals surface area contributed by atoms with Gasteiger partial charge in [-0.1, -0.05) is 66.7 Å². The van der Waals surface area contributed by atoms with E-state index >= 15 is 0 Å². The predicted molar refractivity (Wildman–Crippen MR) is 118 cm³/mol. The van der Waals surface area contributed by atoms with Crippen LogP contribution in [0.5, 0.6) is 0 Å². The van der Waals surface area contributed by atoms with Gasteiger partial charge in [-0.15, -0.1) is 11.8 Å². The normalized spacial score (nSPS) is 11.5. The van der Waals surface area contributed by atoms with Gasteiger partial charge in [-0.25, -0.2) is 0 Å². The number of thioether (sulfide) groups is 1. The second kappa shape index (κ2) is 9.94. The molecule has 0 heterocycles. The number of para-hydroxylation sites is 1. The molecule has 1 N–H and O–H groups in total. The average Bonchev–Trinajstić information content (AvgIpc) is 2.74. The molecule has 148 valence electrons. The van der Waals surface area contributed by atoms with E-state index in [9.17, 15) is 9.59 Å². The van der Waals surface area contributed by atoms with Gasteiger partial charge in [0.05, 0.1) is 5.75 Å². The number of anilines is 1. The van der Waals surface area contributed by atoms with Crippen LogP contribution in [0.1, 0.15) is 12.5 Å². The number of hydrogen-bond acceptors (Lipinski definition) is 4. The Morgan fingerprint density at radius 2 is 1.59 bits per heavy atom. The number of rotatable bonds is 7. The highest BCUT2D eigenvalue weighted by molar-refractivity contribution is 8.00. The van der Waals surface area contributed by atoms with E-state index in [1.807, 2.05) is 85.8 Å². The number of amides is 1. The maximum absolute atomic E-state index is 12.6. The van der Waals surface area contributed by atoms with E-state index in [2.05, 4.69) is 5.32 Å². The molecule has 4 nitrogen and oxygen atoms in total. The lowest BCUT2D eigenvalue weighted by molar-refractivity contribution is -0.150. The zero-order chi connectivity index (χ0) is 20.6. The van der Waals surface area contributed by atoms with E-state index in [4.69, 9.17) is 4.74 Å². The summed E-state index contributed by atoms with van der Waals surface area (Å²) in [5, 5.41) is 2.87. The van der Waals surface area contributed by atoms with Crippen molar-refractivity contribution in [2.75, 3.05) is 11.1 Å². The molecule has 0 unspecified atom stereocenters. The fourth-order valence-electron chi connectivity index (χ4n) is 2.84. The molecular weight excluding hydrogens is 382 g/mol. The Balaban J connectivity index is 1.59. The molecule has 0 aliphatic carbocycles. The topological polar surface area (TPSA) is 55.4 Å². The molecule has 3 aromatic carbocycles. The van der Waals surface area contributed by atoms with Crippen molar-refractivity contribution in [2.45, 2.75) is 24.8 Å². The molecule has 5 heteroatoms. The van der Waals surface area contributed by atoms with E-state index in [-0.39, 0.29) is 11.7 Å². The molecule has 3 rings (SSSR count). The van der Waals surface area contributed by atoms with Gasteiger partial charge < -0.3 is 10.1 Å². The number of hydrogen-bond donors (Lipinski definition) is 1. The van der Waals surface area contributed by atoms with E-state index in [0.717, 1.165) is 21.6 Å². The Morgan fingerprint density at radius 3 is 2.34 bits per heavy atom. The molecule has 1 atom stereocenters. The van der Waals surface area contributed by atoms with Gasteiger partial charge in [0.15, 0.2) is 6.10 Å². The quantitative estimate of drug-likeness (QED) is 0.427. The minimum absolute atomic E-state index is 0.156. The van der Waals surface area contributed by atoms with Crippen LogP contribution in [0, 0.1) is 6.92 Å². The van der Waals surface area contributed by atoms with Crippen molar-refractivity contribution in [3.8, 4) is 11.1 Å². The zero-order valence-corrected chi connectivity index (χ0v) is 17.2. The molecule has 0 saturated carbocycles. The lowest BCUT2D eigenvalue weighted by atomic mass is 10.0. The second-order valence-electron chi connectivity index (χ2n) is 6.59. The first-order valence-electron chi connectivity index (χ1n) is 9.38. The second-order valence-corrected chi connectivity index (χ2v) is 7.60. The van der Waals surface area contributed by atoms with Crippen LogP contribution in [0.4, 0.5) is 5.69 Å². The summed E-state index contributed by atoms with van der Waals surface area (Å²) < 4.78 is 5.32. The van der Waals surface area contributed by atoms with Crippen molar-refractivity contribution >= 4 is 29.3 Å². The third kappa shape index (κ3) is 5.72. The van der Waals surface area contributed by atoms with Crippen molar-refractivity contribution in [1.82, 2.24) is 0 Å². The summed E-state index contributed by atoms with van der Waals surface area (Å²) in [6.45, 7) is 3.57. The molecule has 0 bridgehead atoms. The molecule has 0 aliphatic rings. The molecule has 0 fully saturated rings. The van der Waals surface area contributed by atoms with Gasteiger partial charge in [-0.2, -0.15) is 0 Å². The minimum atomic E-state index is -0.885. The largest absolute Gasteiger partial charge is 0.452 e. The summed E-state index contributed by atoms with van der Waals surface area (Å²) in [7, 11) is 0.